The van der Waals surface area contributed by atoms with Crippen LogP contribution in [0.25, 0.3) is 0 Å². The number of hydrogen-bond donors (Lipinski definition) is 1. The first-order chi connectivity index (χ1) is 10.3. The van der Waals surface area contributed by atoms with Gasteiger partial charge in [-0.3, -0.25) is 4.79 Å². The van der Waals surface area contributed by atoms with Crippen LogP contribution in [0.2, 0.25) is 0 Å². The molecule has 1 aliphatic heterocycles. The Morgan fingerprint density at radius 2 is 2.14 bits per heavy atom. The van der Waals surface area contributed by atoms with Crippen molar-refractivity contribution in [2.45, 2.75) is 12.8 Å². The fourth-order valence-corrected chi connectivity index (χ4v) is 4.98. The molecule has 0 unspecified atom stereocenters. The van der Waals surface area contributed by atoms with Crippen molar-refractivity contribution >= 4 is 17.2 Å². The minimum Gasteiger partial charge on any atom is -0.332 e. The third kappa shape index (κ3) is 2.67. The summed E-state index contributed by atoms with van der Waals surface area (Å²) in [5.41, 5.74) is 0. The molecule has 3 atom stereocenters. The number of thiophene rings is 1. The Bertz CT molecular complexity index is 531. The van der Waals surface area contributed by atoms with E-state index in [1.807, 2.05) is 22.4 Å². The molecule has 2 aliphatic carbocycles. The zero-order valence-corrected chi connectivity index (χ0v) is 13.1. The molecule has 0 spiro atoms. The lowest BCUT2D eigenvalue weighted by Crippen LogP contribution is -3.15. The van der Waals surface area contributed by atoms with Crippen molar-refractivity contribution < 1.29 is 9.69 Å². The van der Waals surface area contributed by atoms with Crippen molar-refractivity contribution in [3.05, 3.63) is 34.5 Å². The predicted octanol–water partition coefficient (Wildman–Crippen LogP) is 1.30. The van der Waals surface area contributed by atoms with Crippen molar-refractivity contribution in [2.75, 3.05) is 32.7 Å². The molecule has 1 saturated carbocycles. The second-order valence-corrected chi connectivity index (χ2v) is 7.71. The van der Waals surface area contributed by atoms with Crippen LogP contribution in [-0.4, -0.2) is 43.5 Å². The van der Waals surface area contributed by atoms with E-state index in [9.17, 15) is 4.79 Å². The average molecular weight is 303 g/mol. The summed E-state index contributed by atoms with van der Waals surface area (Å²) in [6, 6.07) is 3.90. The molecule has 1 N–H and O–H groups in total. The van der Waals surface area contributed by atoms with Crippen LogP contribution in [0.1, 0.15) is 22.5 Å². The topological polar surface area (TPSA) is 24.8 Å². The summed E-state index contributed by atoms with van der Waals surface area (Å²) in [5, 5.41) is 1.98. The molecule has 3 aliphatic rings. The van der Waals surface area contributed by atoms with Gasteiger partial charge in [0.2, 0.25) is 0 Å². The van der Waals surface area contributed by atoms with Crippen LogP contribution in [0.4, 0.5) is 0 Å². The molecule has 21 heavy (non-hydrogen) atoms. The van der Waals surface area contributed by atoms with Gasteiger partial charge in [0.1, 0.15) is 0 Å². The summed E-state index contributed by atoms with van der Waals surface area (Å²) in [5.74, 6) is 2.86. The maximum absolute atomic E-state index is 12.3. The lowest BCUT2D eigenvalue weighted by atomic mass is 9.93. The third-order valence-corrected chi connectivity index (χ3v) is 6.31. The summed E-state index contributed by atoms with van der Waals surface area (Å²) in [6.45, 7) is 5.39. The van der Waals surface area contributed by atoms with E-state index < -0.39 is 0 Å². The number of allylic oxidation sites excluding steroid dienone is 2. The zero-order valence-electron chi connectivity index (χ0n) is 12.3. The molecule has 3 nitrogen and oxygen atoms in total. The molecule has 0 aromatic carbocycles. The van der Waals surface area contributed by atoms with Crippen LogP contribution in [0, 0.1) is 17.8 Å². The second kappa shape index (κ2) is 5.58. The number of rotatable bonds is 3. The third-order valence-electron chi connectivity index (χ3n) is 5.46. The fourth-order valence-electron chi connectivity index (χ4n) is 4.29. The van der Waals surface area contributed by atoms with E-state index in [1.165, 1.54) is 19.4 Å². The summed E-state index contributed by atoms with van der Waals surface area (Å²) < 4.78 is 0. The lowest BCUT2D eigenvalue weighted by molar-refractivity contribution is -0.907. The van der Waals surface area contributed by atoms with Gasteiger partial charge in [-0.2, -0.15) is 0 Å². The molecule has 4 heteroatoms. The Hall–Kier alpha value is -1.13. The number of nitrogens with zero attached hydrogens (tertiary/aromatic N) is 1. The fraction of sp³-hybridized carbons (Fsp3) is 0.588. The highest BCUT2D eigenvalue weighted by Crippen LogP contribution is 2.42. The summed E-state index contributed by atoms with van der Waals surface area (Å²) in [7, 11) is 0. The van der Waals surface area contributed by atoms with Gasteiger partial charge in [0.15, 0.2) is 0 Å². The van der Waals surface area contributed by atoms with E-state index in [4.69, 9.17) is 0 Å². The number of quaternary nitrogens is 1. The van der Waals surface area contributed by atoms with Gasteiger partial charge in [0.05, 0.1) is 37.6 Å². The number of piperazine rings is 1. The summed E-state index contributed by atoms with van der Waals surface area (Å²) in [6.07, 6.45) is 7.69. The second-order valence-electron chi connectivity index (χ2n) is 6.76. The Kier molecular flexibility index (Phi) is 3.59. The first-order valence-electron chi connectivity index (χ1n) is 8.14. The van der Waals surface area contributed by atoms with Crippen molar-refractivity contribution in [2.24, 2.45) is 17.8 Å². The van der Waals surface area contributed by atoms with Crippen molar-refractivity contribution in [3.63, 3.8) is 0 Å². The van der Waals surface area contributed by atoms with Gasteiger partial charge >= 0.3 is 0 Å². The Balaban J connectivity index is 1.29. The molecular weight excluding hydrogens is 280 g/mol. The molecule has 2 bridgehead atoms. The van der Waals surface area contributed by atoms with Gasteiger partial charge in [-0.25, -0.2) is 0 Å². The molecule has 112 valence electrons. The predicted molar refractivity (Wildman–Crippen MR) is 84.6 cm³/mol. The van der Waals surface area contributed by atoms with E-state index in [2.05, 4.69) is 12.2 Å². The molecule has 2 fully saturated rings. The smallest absolute Gasteiger partial charge is 0.264 e. The number of carbonyl (C=O) groups excluding carboxylic acids is 1. The van der Waals surface area contributed by atoms with Gasteiger partial charge < -0.3 is 9.80 Å². The van der Waals surface area contributed by atoms with Gasteiger partial charge in [0.25, 0.3) is 5.91 Å². The maximum atomic E-state index is 12.3. The number of carbonyl (C=O) groups is 1. The van der Waals surface area contributed by atoms with E-state index in [0.29, 0.717) is 0 Å². The first kappa shape index (κ1) is 13.5. The monoisotopic (exact) mass is 303 g/mol. The maximum Gasteiger partial charge on any atom is 0.264 e. The van der Waals surface area contributed by atoms with Gasteiger partial charge in [-0.15, -0.1) is 11.3 Å². The molecule has 1 aromatic heterocycles. The van der Waals surface area contributed by atoms with Crippen LogP contribution in [0.15, 0.2) is 29.7 Å². The highest BCUT2D eigenvalue weighted by molar-refractivity contribution is 7.12. The summed E-state index contributed by atoms with van der Waals surface area (Å²) in [4.78, 5) is 17.0. The van der Waals surface area contributed by atoms with Crippen LogP contribution < -0.4 is 4.90 Å². The minimum atomic E-state index is 0.229. The van der Waals surface area contributed by atoms with E-state index in [0.717, 1.165) is 48.8 Å². The van der Waals surface area contributed by atoms with Crippen molar-refractivity contribution in [1.29, 1.82) is 0 Å². The lowest BCUT2D eigenvalue weighted by Gasteiger charge is -2.34. The van der Waals surface area contributed by atoms with E-state index in [1.54, 1.807) is 16.2 Å². The standard InChI is InChI=1S/C17H22N2OS/c20-17(16-2-1-9-21-16)19-7-5-18(6-8-19)12-15-11-13-3-4-14(15)10-13/h1-4,9,13-15H,5-8,10-12H2/p+1/t13-,14-,15-/m0/s1. The molecule has 1 aromatic rings. The van der Waals surface area contributed by atoms with Gasteiger partial charge in [-0.1, -0.05) is 18.2 Å². The number of nitrogens with one attached hydrogen (secondary N) is 1. The van der Waals surface area contributed by atoms with Crippen LogP contribution in [0.3, 0.4) is 0 Å². The zero-order chi connectivity index (χ0) is 14.2. The molecule has 4 rings (SSSR count). The van der Waals surface area contributed by atoms with Crippen molar-refractivity contribution in [1.82, 2.24) is 4.90 Å². The van der Waals surface area contributed by atoms with Gasteiger partial charge in [0, 0.05) is 5.92 Å². The van der Waals surface area contributed by atoms with Gasteiger partial charge in [-0.05, 0) is 36.1 Å². The van der Waals surface area contributed by atoms with Crippen LogP contribution >= 0.6 is 11.3 Å². The van der Waals surface area contributed by atoms with Crippen LogP contribution in [0.5, 0.6) is 0 Å². The van der Waals surface area contributed by atoms with Crippen LogP contribution in [-0.2, 0) is 0 Å². The molecular formula is C17H23N2OS+. The molecule has 1 saturated heterocycles. The Morgan fingerprint density at radius 3 is 2.76 bits per heavy atom. The minimum absolute atomic E-state index is 0.229. The highest BCUT2D eigenvalue weighted by Gasteiger charge is 2.38. The van der Waals surface area contributed by atoms with Crippen molar-refractivity contribution in [3.8, 4) is 0 Å². The SMILES string of the molecule is O=C(c1cccs1)N1CC[NH+](C[C@@H]2C[C@H]3C=C[C@H]2C3)CC1. The Morgan fingerprint density at radius 1 is 1.29 bits per heavy atom. The molecule has 2 heterocycles. The molecule has 0 radical (unpaired) electrons. The highest BCUT2D eigenvalue weighted by atomic mass is 32.1. The van der Waals surface area contributed by atoms with E-state index >= 15 is 0 Å². The largest absolute Gasteiger partial charge is 0.332 e. The number of hydrogen-bond acceptors (Lipinski definition) is 2. The van der Waals surface area contributed by atoms with E-state index in [-0.39, 0.29) is 5.91 Å². The summed E-state index contributed by atoms with van der Waals surface area (Å²) >= 11 is 1.55. The quantitative estimate of drug-likeness (QED) is 0.837. The first-order valence-corrected chi connectivity index (χ1v) is 9.02. The Labute approximate surface area is 130 Å². The number of fused-ring (bicyclic) bond motifs is 2. The average Bonchev–Trinajstić information content (AvgIpc) is 3.25. The molecule has 1 amide bonds. The normalized spacial score (nSPS) is 32.0. The number of amides is 1.